The number of rotatable bonds is 0. The maximum Gasteiger partial charge on any atom is 0.181 e. The fraction of sp³-hybridized carbons (Fsp3) is 0.750. The summed E-state index contributed by atoms with van der Waals surface area (Å²) in [6.07, 6.45) is 6.17. The van der Waals surface area contributed by atoms with Crippen LogP contribution in [0.3, 0.4) is 0 Å². The van der Waals surface area contributed by atoms with E-state index in [-0.39, 0.29) is 11.8 Å². The number of hydrogen-bond acceptors (Lipinski definition) is 3. The first kappa shape index (κ1) is 8.48. The van der Waals surface area contributed by atoms with Crippen molar-refractivity contribution in [1.29, 1.82) is 0 Å². The molecule has 4 rings (SSSR count). The zero-order chi connectivity index (χ0) is 10.0. The minimum absolute atomic E-state index is 0.193. The number of carbonyl (C=O) groups is 1. The van der Waals surface area contributed by atoms with E-state index in [9.17, 15) is 4.79 Å². The van der Waals surface area contributed by atoms with Gasteiger partial charge in [0.1, 0.15) is 5.78 Å². The standard InChI is InChI=1S/C12H14O3/c13-10-4-1-7-8-2-3-9(11(7)10)12(8)14-5-6-15-12/h2-3,7-9,11H,1,4-6H2/t7-,8+,9-,11-/m1/s1. The fourth-order valence-electron chi connectivity index (χ4n) is 4.13. The Kier molecular flexibility index (Phi) is 1.43. The average molecular weight is 206 g/mol. The van der Waals surface area contributed by atoms with E-state index in [1.165, 1.54) is 0 Å². The van der Waals surface area contributed by atoms with Crippen LogP contribution in [0.4, 0.5) is 0 Å². The maximum absolute atomic E-state index is 11.8. The second kappa shape index (κ2) is 2.53. The van der Waals surface area contributed by atoms with Gasteiger partial charge in [-0.15, -0.1) is 0 Å². The topological polar surface area (TPSA) is 35.5 Å². The summed E-state index contributed by atoms with van der Waals surface area (Å²) in [4.78, 5) is 11.8. The lowest BCUT2D eigenvalue weighted by Gasteiger charge is -2.29. The summed E-state index contributed by atoms with van der Waals surface area (Å²) in [5, 5.41) is 0. The molecule has 0 aromatic rings. The van der Waals surface area contributed by atoms with Gasteiger partial charge >= 0.3 is 0 Å². The van der Waals surface area contributed by atoms with Gasteiger partial charge in [-0.25, -0.2) is 0 Å². The Morgan fingerprint density at radius 3 is 2.67 bits per heavy atom. The second-order valence-electron chi connectivity index (χ2n) is 5.05. The summed E-state index contributed by atoms with van der Waals surface area (Å²) in [6.45, 7) is 1.37. The molecule has 3 heteroatoms. The summed E-state index contributed by atoms with van der Waals surface area (Å²) in [5.74, 6) is 1.20. The molecule has 4 aliphatic rings. The van der Waals surface area contributed by atoms with Gasteiger partial charge in [0.05, 0.1) is 13.2 Å². The minimum atomic E-state index is -0.439. The van der Waals surface area contributed by atoms with Crippen LogP contribution in [0.5, 0.6) is 0 Å². The molecule has 0 radical (unpaired) electrons. The second-order valence-corrected chi connectivity index (χ2v) is 5.05. The highest BCUT2D eigenvalue weighted by Crippen LogP contribution is 2.61. The molecule has 3 fully saturated rings. The molecule has 15 heavy (non-hydrogen) atoms. The molecule has 0 aromatic carbocycles. The van der Waals surface area contributed by atoms with E-state index in [2.05, 4.69) is 12.2 Å². The zero-order valence-corrected chi connectivity index (χ0v) is 8.52. The van der Waals surface area contributed by atoms with E-state index in [4.69, 9.17) is 9.47 Å². The summed E-state index contributed by atoms with van der Waals surface area (Å²) in [6, 6.07) is 0. The van der Waals surface area contributed by atoms with E-state index in [1.54, 1.807) is 0 Å². The van der Waals surface area contributed by atoms with Crippen molar-refractivity contribution in [1.82, 2.24) is 0 Å². The Morgan fingerprint density at radius 2 is 1.93 bits per heavy atom. The molecular formula is C12H14O3. The van der Waals surface area contributed by atoms with Gasteiger partial charge in [-0.1, -0.05) is 12.2 Å². The first-order valence-corrected chi connectivity index (χ1v) is 5.82. The lowest BCUT2D eigenvalue weighted by molar-refractivity contribution is -0.189. The van der Waals surface area contributed by atoms with Gasteiger partial charge in [-0.05, 0) is 12.3 Å². The predicted molar refractivity (Wildman–Crippen MR) is 52.0 cm³/mol. The summed E-state index contributed by atoms with van der Waals surface area (Å²) in [7, 11) is 0. The lowest BCUT2D eigenvalue weighted by Crippen LogP contribution is -2.38. The van der Waals surface area contributed by atoms with Crippen LogP contribution in [-0.2, 0) is 14.3 Å². The first-order chi connectivity index (χ1) is 7.33. The molecule has 0 aromatic heterocycles. The summed E-state index contributed by atoms with van der Waals surface area (Å²) in [5.41, 5.74) is 0. The molecule has 2 bridgehead atoms. The fourth-order valence-corrected chi connectivity index (χ4v) is 4.13. The van der Waals surface area contributed by atoms with Gasteiger partial charge in [-0.2, -0.15) is 0 Å². The number of ether oxygens (including phenoxy) is 2. The lowest BCUT2D eigenvalue weighted by atomic mass is 9.86. The summed E-state index contributed by atoms with van der Waals surface area (Å²) >= 11 is 0. The molecule has 1 saturated heterocycles. The first-order valence-electron chi connectivity index (χ1n) is 5.82. The Bertz CT molecular complexity index is 354. The van der Waals surface area contributed by atoms with E-state index < -0.39 is 5.79 Å². The monoisotopic (exact) mass is 206 g/mol. The molecule has 0 unspecified atom stereocenters. The Balaban J connectivity index is 1.81. The van der Waals surface area contributed by atoms with Gasteiger partial charge in [-0.3, -0.25) is 4.79 Å². The molecule has 1 heterocycles. The third-order valence-electron chi connectivity index (χ3n) is 4.60. The number of Topliss-reactive ketones (excluding diaryl/α,β-unsaturated/α-hetero) is 1. The van der Waals surface area contributed by atoms with Crippen LogP contribution in [-0.4, -0.2) is 24.8 Å². The van der Waals surface area contributed by atoms with E-state index in [1.807, 2.05) is 0 Å². The highest BCUT2D eigenvalue weighted by atomic mass is 16.7. The van der Waals surface area contributed by atoms with E-state index in [0.29, 0.717) is 30.8 Å². The van der Waals surface area contributed by atoms with Crippen LogP contribution in [0.25, 0.3) is 0 Å². The van der Waals surface area contributed by atoms with Crippen molar-refractivity contribution in [3.63, 3.8) is 0 Å². The van der Waals surface area contributed by atoms with Gasteiger partial charge < -0.3 is 9.47 Å². The largest absolute Gasteiger partial charge is 0.346 e. The van der Waals surface area contributed by atoms with Crippen LogP contribution in [0, 0.1) is 23.7 Å². The third-order valence-corrected chi connectivity index (χ3v) is 4.60. The van der Waals surface area contributed by atoms with Crippen molar-refractivity contribution in [2.45, 2.75) is 18.6 Å². The quantitative estimate of drug-likeness (QED) is 0.557. The molecular weight excluding hydrogens is 192 g/mol. The highest BCUT2D eigenvalue weighted by Gasteiger charge is 2.67. The zero-order valence-electron chi connectivity index (χ0n) is 8.52. The van der Waals surface area contributed by atoms with Crippen LogP contribution >= 0.6 is 0 Å². The Labute approximate surface area is 88.4 Å². The van der Waals surface area contributed by atoms with Crippen molar-refractivity contribution in [2.24, 2.45) is 23.7 Å². The molecule has 3 nitrogen and oxygen atoms in total. The Morgan fingerprint density at radius 1 is 1.20 bits per heavy atom. The molecule has 3 aliphatic carbocycles. The van der Waals surface area contributed by atoms with Crippen molar-refractivity contribution in [2.75, 3.05) is 13.2 Å². The van der Waals surface area contributed by atoms with Crippen molar-refractivity contribution >= 4 is 5.78 Å². The average Bonchev–Trinajstić information content (AvgIpc) is 2.96. The molecule has 2 saturated carbocycles. The van der Waals surface area contributed by atoms with Crippen LogP contribution in [0.1, 0.15) is 12.8 Å². The van der Waals surface area contributed by atoms with Crippen LogP contribution in [0.2, 0.25) is 0 Å². The predicted octanol–water partition coefficient (Wildman–Crippen LogP) is 1.14. The smallest absolute Gasteiger partial charge is 0.181 e. The van der Waals surface area contributed by atoms with Crippen molar-refractivity contribution < 1.29 is 14.3 Å². The number of hydrogen-bond donors (Lipinski definition) is 0. The highest BCUT2D eigenvalue weighted by molar-refractivity contribution is 5.85. The number of carbonyl (C=O) groups excluding carboxylic acids is 1. The van der Waals surface area contributed by atoms with Crippen LogP contribution < -0.4 is 0 Å². The molecule has 0 N–H and O–H groups in total. The molecule has 1 spiro atoms. The normalized spacial score (nSPS) is 49.5. The van der Waals surface area contributed by atoms with Crippen molar-refractivity contribution in [3.05, 3.63) is 12.2 Å². The van der Waals surface area contributed by atoms with Gasteiger partial charge in [0, 0.05) is 24.2 Å². The SMILES string of the molecule is O=C1CC[C@H]2[C@@H]1[C@H]1C=C[C@@H]2C12OCCO2. The molecule has 80 valence electrons. The maximum atomic E-state index is 11.8. The van der Waals surface area contributed by atoms with E-state index >= 15 is 0 Å². The Hall–Kier alpha value is -0.670. The van der Waals surface area contributed by atoms with E-state index in [0.717, 1.165) is 12.8 Å². The summed E-state index contributed by atoms with van der Waals surface area (Å²) < 4.78 is 11.7. The van der Waals surface area contributed by atoms with Gasteiger partial charge in [0.15, 0.2) is 5.79 Å². The van der Waals surface area contributed by atoms with Gasteiger partial charge in [0.25, 0.3) is 0 Å². The van der Waals surface area contributed by atoms with Gasteiger partial charge in [0.2, 0.25) is 0 Å². The van der Waals surface area contributed by atoms with Crippen molar-refractivity contribution in [3.8, 4) is 0 Å². The van der Waals surface area contributed by atoms with Crippen LogP contribution in [0.15, 0.2) is 12.2 Å². The number of fused-ring (bicyclic) bond motifs is 3. The minimum Gasteiger partial charge on any atom is -0.346 e. The third kappa shape index (κ3) is 0.797. The number of ketones is 1. The molecule has 1 aliphatic heterocycles. The molecule has 0 amide bonds. The molecule has 4 atom stereocenters.